The summed E-state index contributed by atoms with van der Waals surface area (Å²) in [5.41, 5.74) is 3.16. The van der Waals surface area contributed by atoms with Crippen molar-refractivity contribution < 1.29 is 4.79 Å². The van der Waals surface area contributed by atoms with Crippen LogP contribution >= 0.6 is 0 Å². The van der Waals surface area contributed by atoms with E-state index in [1.165, 1.54) is 0 Å². The fraction of sp³-hybridized carbons (Fsp3) is 0.318. The van der Waals surface area contributed by atoms with Crippen molar-refractivity contribution in [3.63, 3.8) is 0 Å². The SMILES string of the molecule is CC(C)[C@H]1c2nc(-c3ccccc3)nn2CCN1C(=O)c1cnc2cnn(C)c2c1. The Morgan fingerprint density at radius 2 is 1.93 bits per heavy atom. The molecule has 1 atom stereocenters. The van der Waals surface area contributed by atoms with Gasteiger partial charge in [-0.05, 0) is 12.0 Å². The van der Waals surface area contributed by atoms with Crippen LogP contribution in [0, 0.1) is 5.92 Å². The first kappa shape index (κ1) is 18.5. The number of nitrogens with zero attached hydrogens (tertiary/aromatic N) is 7. The summed E-state index contributed by atoms with van der Waals surface area (Å²) < 4.78 is 3.68. The van der Waals surface area contributed by atoms with Crippen molar-refractivity contribution >= 4 is 16.9 Å². The zero-order valence-electron chi connectivity index (χ0n) is 17.2. The van der Waals surface area contributed by atoms with Crippen LogP contribution in [-0.2, 0) is 13.6 Å². The predicted octanol–water partition coefficient (Wildman–Crippen LogP) is 3.08. The van der Waals surface area contributed by atoms with Crippen LogP contribution in [-0.4, -0.2) is 46.9 Å². The summed E-state index contributed by atoms with van der Waals surface area (Å²) in [7, 11) is 1.85. The summed E-state index contributed by atoms with van der Waals surface area (Å²) >= 11 is 0. The first-order valence-corrected chi connectivity index (χ1v) is 10.1. The molecule has 0 fully saturated rings. The normalized spacial score (nSPS) is 16.3. The summed E-state index contributed by atoms with van der Waals surface area (Å²) in [5, 5.41) is 8.93. The second-order valence-corrected chi connectivity index (χ2v) is 7.97. The average molecular weight is 401 g/mol. The molecule has 1 aliphatic heterocycles. The standard InChI is InChI=1S/C22H23N7O/c1-14(2)19-21-25-20(15-7-5-4-6-8-15)26-29(21)10-9-28(19)22(30)16-11-18-17(23-12-16)13-24-27(18)3/h4-8,11-14,19H,9-10H2,1-3H3/t19-/m0/s1. The molecule has 30 heavy (non-hydrogen) atoms. The fourth-order valence-corrected chi connectivity index (χ4v) is 4.12. The van der Waals surface area contributed by atoms with Gasteiger partial charge >= 0.3 is 0 Å². The quantitative estimate of drug-likeness (QED) is 0.527. The van der Waals surface area contributed by atoms with Gasteiger partial charge in [0.2, 0.25) is 0 Å². The number of aryl methyl sites for hydroxylation is 1. The van der Waals surface area contributed by atoms with E-state index in [1.54, 1.807) is 17.1 Å². The fourth-order valence-electron chi connectivity index (χ4n) is 4.12. The minimum absolute atomic E-state index is 0.0418. The van der Waals surface area contributed by atoms with Gasteiger partial charge in [0.1, 0.15) is 5.52 Å². The molecule has 0 unspecified atom stereocenters. The van der Waals surface area contributed by atoms with Crippen LogP contribution in [0.5, 0.6) is 0 Å². The summed E-state index contributed by atoms with van der Waals surface area (Å²) in [5.74, 6) is 1.68. The van der Waals surface area contributed by atoms with Crippen molar-refractivity contribution in [2.45, 2.75) is 26.4 Å². The lowest BCUT2D eigenvalue weighted by Crippen LogP contribution is -2.44. The Morgan fingerprint density at radius 1 is 1.13 bits per heavy atom. The van der Waals surface area contributed by atoms with Crippen LogP contribution in [0.2, 0.25) is 0 Å². The first-order chi connectivity index (χ1) is 14.5. The number of carbonyl (C=O) groups is 1. The molecule has 4 aromatic rings. The molecule has 8 heteroatoms. The molecule has 0 radical (unpaired) electrons. The van der Waals surface area contributed by atoms with E-state index < -0.39 is 0 Å². The highest BCUT2D eigenvalue weighted by molar-refractivity contribution is 5.97. The average Bonchev–Trinajstić information content (AvgIpc) is 3.36. The summed E-state index contributed by atoms with van der Waals surface area (Å²) in [6, 6.07) is 11.7. The van der Waals surface area contributed by atoms with E-state index in [0.717, 1.165) is 22.4 Å². The van der Waals surface area contributed by atoms with Crippen LogP contribution < -0.4 is 0 Å². The highest BCUT2D eigenvalue weighted by Crippen LogP contribution is 2.33. The second kappa shape index (κ2) is 7.05. The van der Waals surface area contributed by atoms with Crippen LogP contribution in [0.3, 0.4) is 0 Å². The van der Waals surface area contributed by atoms with Gasteiger partial charge in [0, 0.05) is 25.4 Å². The van der Waals surface area contributed by atoms with E-state index in [-0.39, 0.29) is 17.9 Å². The van der Waals surface area contributed by atoms with Crippen LogP contribution in [0.15, 0.2) is 48.8 Å². The summed E-state index contributed by atoms with van der Waals surface area (Å²) in [6.45, 7) is 5.42. The van der Waals surface area contributed by atoms with Crippen molar-refractivity contribution in [3.05, 3.63) is 60.2 Å². The Balaban J connectivity index is 1.52. The molecule has 8 nitrogen and oxygen atoms in total. The number of amides is 1. The highest BCUT2D eigenvalue weighted by Gasteiger charge is 2.36. The molecule has 1 aliphatic rings. The zero-order chi connectivity index (χ0) is 20.8. The minimum atomic E-state index is -0.154. The molecule has 5 rings (SSSR count). The van der Waals surface area contributed by atoms with Crippen molar-refractivity contribution in [3.8, 4) is 11.4 Å². The van der Waals surface area contributed by atoms with Gasteiger partial charge in [-0.25, -0.2) is 9.67 Å². The number of carbonyl (C=O) groups excluding carboxylic acids is 1. The maximum absolute atomic E-state index is 13.5. The number of rotatable bonds is 3. The third-order valence-corrected chi connectivity index (χ3v) is 5.62. The van der Waals surface area contributed by atoms with E-state index in [2.05, 4.69) is 23.9 Å². The van der Waals surface area contributed by atoms with E-state index in [1.807, 2.05) is 53.0 Å². The molecule has 1 aromatic carbocycles. The molecule has 1 amide bonds. The van der Waals surface area contributed by atoms with Gasteiger partial charge in [-0.1, -0.05) is 44.2 Å². The molecule has 3 aromatic heterocycles. The van der Waals surface area contributed by atoms with Gasteiger partial charge < -0.3 is 4.90 Å². The summed E-state index contributed by atoms with van der Waals surface area (Å²) in [4.78, 5) is 24.6. The molecule has 0 saturated heterocycles. The van der Waals surface area contributed by atoms with E-state index in [9.17, 15) is 4.79 Å². The smallest absolute Gasteiger partial charge is 0.256 e. The lowest BCUT2D eigenvalue weighted by atomic mass is 9.99. The Bertz CT molecular complexity index is 1230. The Kier molecular flexibility index (Phi) is 4.34. The van der Waals surface area contributed by atoms with Gasteiger partial charge in [-0.3, -0.25) is 14.5 Å². The Labute approximate surface area is 174 Å². The van der Waals surface area contributed by atoms with Gasteiger partial charge in [0.25, 0.3) is 5.91 Å². The van der Waals surface area contributed by atoms with Crippen molar-refractivity contribution in [2.75, 3.05) is 6.54 Å². The van der Waals surface area contributed by atoms with Gasteiger partial charge in [0.05, 0.1) is 29.9 Å². The number of aromatic nitrogens is 6. The third kappa shape index (κ3) is 2.96. The lowest BCUT2D eigenvalue weighted by molar-refractivity contribution is 0.0536. The van der Waals surface area contributed by atoms with Crippen LogP contribution in [0.25, 0.3) is 22.4 Å². The predicted molar refractivity (Wildman–Crippen MR) is 113 cm³/mol. The van der Waals surface area contributed by atoms with Gasteiger partial charge in [-0.15, -0.1) is 0 Å². The monoisotopic (exact) mass is 401 g/mol. The highest BCUT2D eigenvalue weighted by atomic mass is 16.2. The lowest BCUT2D eigenvalue weighted by Gasteiger charge is -2.37. The number of benzene rings is 1. The van der Waals surface area contributed by atoms with Gasteiger partial charge in [-0.2, -0.15) is 10.2 Å². The molecule has 152 valence electrons. The maximum Gasteiger partial charge on any atom is 0.256 e. The number of pyridine rings is 1. The van der Waals surface area contributed by atoms with Crippen LogP contribution in [0.1, 0.15) is 36.1 Å². The minimum Gasteiger partial charge on any atom is -0.326 e. The molecule has 0 saturated carbocycles. The van der Waals surface area contributed by atoms with E-state index in [0.29, 0.717) is 24.5 Å². The second-order valence-electron chi connectivity index (χ2n) is 7.97. The largest absolute Gasteiger partial charge is 0.326 e. The Hall–Kier alpha value is -3.55. The number of hydrogen-bond donors (Lipinski definition) is 0. The van der Waals surface area contributed by atoms with E-state index in [4.69, 9.17) is 10.1 Å². The first-order valence-electron chi connectivity index (χ1n) is 10.1. The van der Waals surface area contributed by atoms with Crippen molar-refractivity contribution in [1.29, 1.82) is 0 Å². The Morgan fingerprint density at radius 3 is 2.70 bits per heavy atom. The molecule has 0 aliphatic carbocycles. The molecular weight excluding hydrogens is 378 g/mol. The molecule has 0 N–H and O–H groups in total. The molecule has 0 spiro atoms. The maximum atomic E-state index is 13.5. The van der Waals surface area contributed by atoms with Crippen molar-refractivity contribution in [2.24, 2.45) is 13.0 Å². The molecule has 0 bridgehead atoms. The third-order valence-electron chi connectivity index (χ3n) is 5.62. The topological polar surface area (TPSA) is 81.7 Å². The van der Waals surface area contributed by atoms with Crippen LogP contribution in [0.4, 0.5) is 0 Å². The van der Waals surface area contributed by atoms with Gasteiger partial charge in [0.15, 0.2) is 11.6 Å². The van der Waals surface area contributed by atoms with E-state index >= 15 is 0 Å². The molecule has 4 heterocycles. The van der Waals surface area contributed by atoms with Crippen molar-refractivity contribution in [1.82, 2.24) is 34.4 Å². The summed E-state index contributed by atoms with van der Waals surface area (Å²) in [6.07, 6.45) is 3.34. The molecular formula is C22H23N7O. The number of fused-ring (bicyclic) bond motifs is 2. The number of hydrogen-bond acceptors (Lipinski definition) is 5. The zero-order valence-corrected chi connectivity index (χ0v) is 17.2.